The van der Waals surface area contributed by atoms with Crippen LogP contribution in [0, 0.1) is 17.8 Å². The first-order valence-electron chi connectivity index (χ1n) is 8.16. The highest BCUT2D eigenvalue weighted by Crippen LogP contribution is 2.55. The molecule has 1 aliphatic carbocycles. The Hall–Kier alpha value is -1.89. The minimum absolute atomic E-state index is 0.0556. The number of carbonyl (C=O) groups is 3. The van der Waals surface area contributed by atoms with Crippen LogP contribution in [0.5, 0.6) is 0 Å². The van der Waals surface area contributed by atoms with E-state index in [4.69, 9.17) is 14.2 Å². The highest BCUT2D eigenvalue weighted by atomic mass is 16.6. The number of nitrogens with zero attached hydrogens (tertiary/aromatic N) is 1. The summed E-state index contributed by atoms with van der Waals surface area (Å²) in [6.07, 6.45) is 0.927. The number of hydrogen-bond acceptors (Lipinski definition) is 7. The number of carbonyl (C=O) groups excluding carboxylic acids is 3. The van der Waals surface area contributed by atoms with Gasteiger partial charge in [0.2, 0.25) is 0 Å². The molecule has 2 bridgehead atoms. The van der Waals surface area contributed by atoms with Gasteiger partial charge >= 0.3 is 17.9 Å². The van der Waals surface area contributed by atoms with E-state index < -0.39 is 24.1 Å². The van der Waals surface area contributed by atoms with Gasteiger partial charge in [-0.25, -0.2) is 9.59 Å². The van der Waals surface area contributed by atoms with Crippen LogP contribution in [0.25, 0.3) is 0 Å². The van der Waals surface area contributed by atoms with Crippen molar-refractivity contribution in [2.24, 2.45) is 17.8 Å². The molecule has 7 nitrogen and oxygen atoms in total. The van der Waals surface area contributed by atoms with E-state index in [1.54, 1.807) is 0 Å². The fourth-order valence-electron chi connectivity index (χ4n) is 4.43. The minimum atomic E-state index is -0.619. The van der Waals surface area contributed by atoms with Gasteiger partial charge in [-0.2, -0.15) is 0 Å². The lowest BCUT2D eigenvalue weighted by Crippen LogP contribution is -2.46. The zero-order valence-corrected chi connectivity index (χ0v) is 14.2. The lowest BCUT2D eigenvalue weighted by atomic mass is 9.77. The highest BCUT2D eigenvalue weighted by molar-refractivity contribution is 5.88. The van der Waals surface area contributed by atoms with Crippen LogP contribution >= 0.6 is 0 Å². The number of cyclic esters (lactones) is 1. The maximum Gasteiger partial charge on any atom is 0.345 e. The normalized spacial score (nSPS) is 33.0. The van der Waals surface area contributed by atoms with Crippen molar-refractivity contribution in [3.8, 4) is 0 Å². The van der Waals surface area contributed by atoms with Crippen LogP contribution in [0.3, 0.4) is 0 Å². The van der Waals surface area contributed by atoms with Gasteiger partial charge in [0.05, 0.1) is 5.92 Å². The van der Waals surface area contributed by atoms with Crippen molar-refractivity contribution >= 4 is 17.9 Å². The molecule has 0 spiro atoms. The molecule has 2 saturated heterocycles. The molecule has 0 aromatic carbocycles. The molecular formula is C17H23NO6. The average Bonchev–Trinajstić information content (AvgIpc) is 3.13. The third kappa shape index (κ3) is 2.81. The van der Waals surface area contributed by atoms with Crippen LogP contribution in [0.2, 0.25) is 0 Å². The molecule has 1 saturated carbocycles. The fourth-order valence-corrected chi connectivity index (χ4v) is 4.43. The number of esters is 3. The Morgan fingerprint density at radius 3 is 2.75 bits per heavy atom. The molecule has 7 heteroatoms. The SMILES string of the molecule is C=C(C)C(=O)OCC(=O)OCN1CC2CC1C1C(=O)OC(C)(C)C21. The molecule has 0 radical (unpaired) electrons. The van der Waals surface area contributed by atoms with Gasteiger partial charge in [-0.05, 0) is 33.1 Å². The molecule has 132 valence electrons. The first-order valence-corrected chi connectivity index (χ1v) is 8.16. The second kappa shape index (κ2) is 5.88. The molecule has 2 heterocycles. The molecule has 3 aliphatic rings. The Morgan fingerprint density at radius 2 is 2.08 bits per heavy atom. The summed E-state index contributed by atoms with van der Waals surface area (Å²) in [7, 11) is 0. The Balaban J connectivity index is 1.51. The van der Waals surface area contributed by atoms with E-state index in [0.717, 1.165) is 13.0 Å². The quantitative estimate of drug-likeness (QED) is 0.418. The third-order valence-corrected chi connectivity index (χ3v) is 5.29. The number of likely N-dealkylation sites (tertiary alicyclic amines) is 1. The molecule has 4 atom stereocenters. The van der Waals surface area contributed by atoms with Crippen LogP contribution in [-0.2, 0) is 28.6 Å². The Morgan fingerprint density at radius 1 is 1.38 bits per heavy atom. The molecule has 2 aliphatic heterocycles. The van der Waals surface area contributed by atoms with Crippen molar-refractivity contribution in [3.63, 3.8) is 0 Å². The predicted molar refractivity (Wildman–Crippen MR) is 82.5 cm³/mol. The van der Waals surface area contributed by atoms with E-state index in [1.165, 1.54) is 6.92 Å². The van der Waals surface area contributed by atoms with Crippen LogP contribution in [-0.4, -0.2) is 54.3 Å². The maximum atomic E-state index is 12.2. The van der Waals surface area contributed by atoms with Crippen molar-refractivity contribution in [2.45, 2.75) is 38.8 Å². The van der Waals surface area contributed by atoms with E-state index in [-0.39, 0.29) is 36.2 Å². The van der Waals surface area contributed by atoms with Crippen LogP contribution < -0.4 is 0 Å². The van der Waals surface area contributed by atoms with Gasteiger partial charge in [0.1, 0.15) is 12.3 Å². The van der Waals surface area contributed by atoms with Crippen molar-refractivity contribution in [2.75, 3.05) is 19.9 Å². The highest BCUT2D eigenvalue weighted by Gasteiger charge is 2.64. The molecule has 24 heavy (non-hydrogen) atoms. The Labute approximate surface area is 140 Å². The summed E-state index contributed by atoms with van der Waals surface area (Å²) < 4.78 is 15.4. The molecule has 4 unspecified atom stereocenters. The van der Waals surface area contributed by atoms with Crippen molar-refractivity contribution < 1.29 is 28.6 Å². The van der Waals surface area contributed by atoms with Gasteiger partial charge in [-0.1, -0.05) is 6.58 Å². The van der Waals surface area contributed by atoms with E-state index in [0.29, 0.717) is 5.92 Å². The summed E-state index contributed by atoms with van der Waals surface area (Å²) in [4.78, 5) is 37.1. The van der Waals surface area contributed by atoms with Crippen molar-refractivity contribution in [1.82, 2.24) is 4.90 Å². The predicted octanol–water partition coefficient (Wildman–Crippen LogP) is 0.878. The molecule has 0 N–H and O–H groups in total. The smallest absolute Gasteiger partial charge is 0.345 e. The summed E-state index contributed by atoms with van der Waals surface area (Å²) in [6.45, 7) is 9.33. The fraction of sp³-hybridized carbons (Fsp3) is 0.706. The summed E-state index contributed by atoms with van der Waals surface area (Å²) in [6, 6.07) is 0.0556. The average molecular weight is 337 g/mol. The second-order valence-corrected chi connectivity index (χ2v) is 7.41. The molecular weight excluding hydrogens is 314 g/mol. The first kappa shape index (κ1) is 17.0. The van der Waals surface area contributed by atoms with Crippen LogP contribution in [0.15, 0.2) is 12.2 Å². The molecule has 0 aromatic heterocycles. The van der Waals surface area contributed by atoms with Gasteiger partial charge in [0.15, 0.2) is 6.61 Å². The largest absolute Gasteiger partial charge is 0.459 e. The van der Waals surface area contributed by atoms with E-state index >= 15 is 0 Å². The molecule has 0 amide bonds. The lowest BCUT2D eigenvalue weighted by Gasteiger charge is -2.35. The number of ether oxygens (including phenoxy) is 3. The Kier molecular flexibility index (Phi) is 4.15. The van der Waals surface area contributed by atoms with Crippen molar-refractivity contribution in [3.05, 3.63) is 12.2 Å². The third-order valence-electron chi connectivity index (χ3n) is 5.29. The lowest BCUT2D eigenvalue weighted by molar-refractivity contribution is -0.161. The zero-order valence-electron chi connectivity index (χ0n) is 14.2. The van der Waals surface area contributed by atoms with E-state index in [2.05, 4.69) is 6.58 Å². The number of rotatable bonds is 5. The van der Waals surface area contributed by atoms with Crippen molar-refractivity contribution in [1.29, 1.82) is 0 Å². The van der Waals surface area contributed by atoms with Gasteiger partial charge in [-0.15, -0.1) is 0 Å². The van der Waals surface area contributed by atoms with Crippen LogP contribution in [0.1, 0.15) is 27.2 Å². The van der Waals surface area contributed by atoms with Gasteiger partial charge in [0.25, 0.3) is 0 Å². The summed E-state index contributed by atoms with van der Waals surface area (Å²) in [5, 5.41) is 0. The molecule has 0 aromatic rings. The topological polar surface area (TPSA) is 82.1 Å². The van der Waals surface area contributed by atoms with Gasteiger partial charge in [-0.3, -0.25) is 9.69 Å². The Bertz CT molecular complexity index is 598. The number of fused-ring (bicyclic) bond motifs is 5. The molecule has 3 fully saturated rings. The maximum absolute atomic E-state index is 12.2. The summed E-state index contributed by atoms with van der Waals surface area (Å²) >= 11 is 0. The minimum Gasteiger partial charge on any atom is -0.459 e. The monoisotopic (exact) mass is 337 g/mol. The number of piperidine rings is 1. The summed E-state index contributed by atoms with van der Waals surface area (Å²) in [5.74, 6) is -0.910. The van der Waals surface area contributed by atoms with Gasteiger partial charge < -0.3 is 14.2 Å². The van der Waals surface area contributed by atoms with E-state index in [9.17, 15) is 14.4 Å². The first-order chi connectivity index (χ1) is 11.2. The summed E-state index contributed by atoms with van der Waals surface area (Å²) in [5.41, 5.74) is -0.186. The standard InChI is InChI=1S/C17H23NO6/c1-9(2)15(20)22-7-12(19)23-8-18-6-10-5-11(18)13-14(10)17(3,4)24-16(13)21/h10-11,13-14H,1,5-8H2,2-4H3. The second-order valence-electron chi connectivity index (χ2n) is 7.41. The zero-order chi connectivity index (χ0) is 17.6. The van der Waals surface area contributed by atoms with Crippen LogP contribution in [0.4, 0.5) is 0 Å². The van der Waals surface area contributed by atoms with Gasteiger partial charge in [0, 0.05) is 24.1 Å². The number of hydrogen-bond donors (Lipinski definition) is 0. The molecule has 3 rings (SSSR count). The van der Waals surface area contributed by atoms with E-state index in [1.807, 2.05) is 18.7 Å².